The molecular formula is C18H15Cl2N3O2. The SMILES string of the molecule is CCN(Cc1nc2ccccc2c(=O)[nH]1)C(=O)c1cc(Cl)cc(Cl)c1. The highest BCUT2D eigenvalue weighted by atomic mass is 35.5. The standard InChI is InChI=1S/C18H15Cl2N3O2/c1-2-23(18(25)11-7-12(19)9-13(20)8-11)10-16-21-15-6-4-3-5-14(15)17(24)22-16/h3-9H,2,10H2,1H3,(H,21,22,24). The lowest BCUT2D eigenvalue weighted by Gasteiger charge is -2.20. The molecular weight excluding hydrogens is 361 g/mol. The number of halogens is 2. The molecule has 3 rings (SSSR count). The third-order valence-corrected chi connectivity index (χ3v) is 4.22. The number of rotatable bonds is 4. The molecule has 0 fully saturated rings. The van der Waals surface area contributed by atoms with E-state index in [1.54, 1.807) is 41.3 Å². The highest BCUT2D eigenvalue weighted by Crippen LogP contribution is 2.20. The van der Waals surface area contributed by atoms with Crippen LogP contribution in [0.15, 0.2) is 47.3 Å². The molecule has 0 bridgehead atoms. The zero-order chi connectivity index (χ0) is 18.0. The van der Waals surface area contributed by atoms with Crippen molar-refractivity contribution in [3.8, 4) is 0 Å². The monoisotopic (exact) mass is 375 g/mol. The number of fused-ring (bicyclic) bond motifs is 1. The van der Waals surface area contributed by atoms with Crippen LogP contribution in [0, 0.1) is 0 Å². The van der Waals surface area contributed by atoms with E-state index in [9.17, 15) is 9.59 Å². The van der Waals surface area contributed by atoms with E-state index in [1.165, 1.54) is 0 Å². The fraction of sp³-hybridized carbons (Fsp3) is 0.167. The summed E-state index contributed by atoms with van der Waals surface area (Å²) in [7, 11) is 0. The first-order valence-electron chi connectivity index (χ1n) is 7.71. The summed E-state index contributed by atoms with van der Waals surface area (Å²) in [5.41, 5.74) is 0.757. The molecule has 1 aromatic heterocycles. The summed E-state index contributed by atoms with van der Waals surface area (Å²) < 4.78 is 0. The maximum Gasteiger partial charge on any atom is 0.258 e. The minimum atomic E-state index is -0.234. The van der Waals surface area contributed by atoms with Gasteiger partial charge in [-0.1, -0.05) is 35.3 Å². The lowest BCUT2D eigenvalue weighted by molar-refractivity contribution is 0.0748. The van der Waals surface area contributed by atoms with Crippen molar-refractivity contribution in [3.05, 3.63) is 74.3 Å². The number of nitrogens with zero attached hydrogens (tertiary/aromatic N) is 2. The molecule has 128 valence electrons. The summed E-state index contributed by atoms with van der Waals surface area (Å²) in [6, 6.07) is 11.8. The molecule has 0 spiro atoms. The second-order valence-electron chi connectivity index (χ2n) is 5.51. The zero-order valence-electron chi connectivity index (χ0n) is 13.4. The van der Waals surface area contributed by atoms with Crippen molar-refractivity contribution in [3.63, 3.8) is 0 Å². The number of hydrogen-bond acceptors (Lipinski definition) is 3. The van der Waals surface area contributed by atoms with Gasteiger partial charge in [-0.15, -0.1) is 0 Å². The van der Waals surface area contributed by atoms with Gasteiger partial charge in [0.05, 0.1) is 17.4 Å². The fourth-order valence-corrected chi connectivity index (χ4v) is 3.10. The van der Waals surface area contributed by atoms with Gasteiger partial charge in [0, 0.05) is 22.2 Å². The van der Waals surface area contributed by atoms with Crippen LogP contribution in [0.5, 0.6) is 0 Å². The van der Waals surface area contributed by atoms with E-state index in [0.29, 0.717) is 38.9 Å². The van der Waals surface area contributed by atoms with Crippen molar-refractivity contribution < 1.29 is 4.79 Å². The van der Waals surface area contributed by atoms with Gasteiger partial charge in [0.2, 0.25) is 0 Å². The van der Waals surface area contributed by atoms with E-state index in [0.717, 1.165) is 0 Å². The van der Waals surface area contributed by atoms with Crippen molar-refractivity contribution in [1.82, 2.24) is 14.9 Å². The van der Waals surface area contributed by atoms with Crippen LogP contribution in [0.1, 0.15) is 23.1 Å². The Hall–Kier alpha value is -2.37. The number of aromatic amines is 1. The fourth-order valence-electron chi connectivity index (χ4n) is 2.58. The number of carbonyl (C=O) groups excluding carboxylic acids is 1. The van der Waals surface area contributed by atoms with E-state index in [4.69, 9.17) is 23.2 Å². The van der Waals surface area contributed by atoms with Gasteiger partial charge in [-0.3, -0.25) is 9.59 Å². The number of para-hydroxylation sites is 1. The second-order valence-corrected chi connectivity index (χ2v) is 6.38. The zero-order valence-corrected chi connectivity index (χ0v) is 14.9. The van der Waals surface area contributed by atoms with Crippen molar-refractivity contribution in [2.45, 2.75) is 13.5 Å². The number of carbonyl (C=O) groups is 1. The summed E-state index contributed by atoms with van der Waals surface area (Å²) in [6.45, 7) is 2.47. The number of hydrogen-bond donors (Lipinski definition) is 1. The number of aromatic nitrogens is 2. The Balaban J connectivity index is 1.92. The smallest absolute Gasteiger partial charge is 0.258 e. The summed E-state index contributed by atoms with van der Waals surface area (Å²) >= 11 is 11.9. The average Bonchev–Trinajstić information content (AvgIpc) is 2.58. The maximum absolute atomic E-state index is 12.7. The lowest BCUT2D eigenvalue weighted by Crippen LogP contribution is -2.32. The molecule has 25 heavy (non-hydrogen) atoms. The van der Waals surface area contributed by atoms with Crippen LogP contribution in [0.25, 0.3) is 10.9 Å². The number of amides is 1. The second kappa shape index (κ2) is 7.25. The molecule has 3 aromatic rings. The Labute approximate surface area is 154 Å². The highest BCUT2D eigenvalue weighted by Gasteiger charge is 2.17. The first-order valence-corrected chi connectivity index (χ1v) is 8.47. The van der Waals surface area contributed by atoms with Crippen LogP contribution in [0.2, 0.25) is 10.0 Å². The first kappa shape index (κ1) is 17.5. The molecule has 5 nitrogen and oxygen atoms in total. The number of benzene rings is 2. The van der Waals surface area contributed by atoms with Gasteiger partial charge in [0.25, 0.3) is 11.5 Å². The van der Waals surface area contributed by atoms with E-state index in [2.05, 4.69) is 9.97 Å². The summed E-state index contributed by atoms with van der Waals surface area (Å²) in [4.78, 5) is 33.6. The Kier molecular flexibility index (Phi) is 5.06. The molecule has 0 radical (unpaired) electrons. The molecule has 0 aliphatic heterocycles. The molecule has 0 saturated carbocycles. The van der Waals surface area contributed by atoms with E-state index in [-0.39, 0.29) is 18.0 Å². The molecule has 0 atom stereocenters. The van der Waals surface area contributed by atoms with Crippen molar-refractivity contribution >= 4 is 40.0 Å². The Bertz CT molecular complexity index is 981. The summed E-state index contributed by atoms with van der Waals surface area (Å²) in [5, 5.41) is 1.30. The van der Waals surface area contributed by atoms with E-state index >= 15 is 0 Å². The lowest BCUT2D eigenvalue weighted by atomic mass is 10.2. The molecule has 0 aliphatic rings. The summed E-state index contributed by atoms with van der Waals surface area (Å²) in [6.07, 6.45) is 0. The predicted molar refractivity (Wildman–Crippen MR) is 99.2 cm³/mol. The molecule has 1 amide bonds. The van der Waals surface area contributed by atoms with Gasteiger partial charge in [-0.05, 0) is 37.3 Å². The first-order chi connectivity index (χ1) is 12.0. The maximum atomic E-state index is 12.7. The quantitative estimate of drug-likeness (QED) is 0.751. The minimum Gasteiger partial charge on any atom is -0.331 e. The van der Waals surface area contributed by atoms with Crippen LogP contribution in [0.3, 0.4) is 0 Å². The van der Waals surface area contributed by atoms with Gasteiger partial charge < -0.3 is 9.88 Å². The van der Waals surface area contributed by atoms with Crippen LogP contribution in [-0.2, 0) is 6.54 Å². The van der Waals surface area contributed by atoms with E-state index < -0.39 is 0 Å². The number of H-pyrrole nitrogens is 1. The van der Waals surface area contributed by atoms with Gasteiger partial charge in [-0.2, -0.15) is 0 Å². The van der Waals surface area contributed by atoms with Crippen molar-refractivity contribution in [2.75, 3.05) is 6.54 Å². The van der Waals surface area contributed by atoms with Crippen molar-refractivity contribution in [1.29, 1.82) is 0 Å². The Morgan fingerprint density at radius 1 is 1.16 bits per heavy atom. The molecule has 1 N–H and O–H groups in total. The van der Waals surface area contributed by atoms with Crippen LogP contribution < -0.4 is 5.56 Å². The van der Waals surface area contributed by atoms with E-state index in [1.807, 2.05) is 13.0 Å². The largest absolute Gasteiger partial charge is 0.331 e. The topological polar surface area (TPSA) is 66.1 Å². The molecule has 0 unspecified atom stereocenters. The van der Waals surface area contributed by atoms with Gasteiger partial charge in [-0.25, -0.2) is 4.98 Å². The van der Waals surface area contributed by atoms with Crippen LogP contribution in [0.4, 0.5) is 0 Å². The molecule has 0 aliphatic carbocycles. The predicted octanol–water partition coefficient (Wildman–Crippen LogP) is 3.89. The number of nitrogens with one attached hydrogen (secondary N) is 1. The van der Waals surface area contributed by atoms with Crippen LogP contribution >= 0.6 is 23.2 Å². The third kappa shape index (κ3) is 3.83. The Morgan fingerprint density at radius 2 is 1.84 bits per heavy atom. The molecule has 7 heteroatoms. The molecule has 1 heterocycles. The molecule has 2 aromatic carbocycles. The summed E-state index contributed by atoms with van der Waals surface area (Å²) in [5.74, 6) is 0.190. The van der Waals surface area contributed by atoms with Gasteiger partial charge >= 0.3 is 0 Å². The third-order valence-electron chi connectivity index (χ3n) is 3.78. The van der Waals surface area contributed by atoms with Gasteiger partial charge in [0.15, 0.2) is 0 Å². The Morgan fingerprint density at radius 3 is 2.52 bits per heavy atom. The normalized spacial score (nSPS) is 10.8. The van der Waals surface area contributed by atoms with Crippen LogP contribution in [-0.4, -0.2) is 27.3 Å². The average molecular weight is 376 g/mol. The highest BCUT2D eigenvalue weighted by molar-refractivity contribution is 6.35. The minimum absolute atomic E-state index is 0.180. The van der Waals surface area contributed by atoms with Crippen molar-refractivity contribution in [2.24, 2.45) is 0 Å². The molecule has 0 saturated heterocycles. The van der Waals surface area contributed by atoms with Gasteiger partial charge in [0.1, 0.15) is 5.82 Å².